The first-order valence-electron chi connectivity index (χ1n) is 13.4. The maximum atomic E-state index is 13.7. The van der Waals surface area contributed by atoms with Crippen LogP contribution in [0.2, 0.25) is 0 Å². The molecule has 5 rings (SSSR count). The molecule has 0 saturated heterocycles. The molecule has 0 atom stereocenters. The third kappa shape index (κ3) is 6.26. The van der Waals surface area contributed by atoms with Crippen molar-refractivity contribution in [1.29, 1.82) is 0 Å². The number of nitrogens with zero attached hydrogens (tertiary/aromatic N) is 1. The lowest BCUT2D eigenvalue weighted by Crippen LogP contribution is -2.37. The Morgan fingerprint density at radius 3 is 2.33 bits per heavy atom. The number of amides is 1. The molecule has 3 aromatic carbocycles. The van der Waals surface area contributed by atoms with Gasteiger partial charge in [0, 0.05) is 23.6 Å². The Bertz CT molecular complexity index is 1800. The molecule has 1 saturated carbocycles. The highest BCUT2D eigenvalue weighted by Gasteiger charge is 2.37. The number of carbonyl (C=O) groups excluding carboxylic acids is 1. The number of furan rings is 1. The summed E-state index contributed by atoms with van der Waals surface area (Å²) in [6, 6.07) is 11.2. The van der Waals surface area contributed by atoms with E-state index in [1.54, 1.807) is 13.0 Å². The second-order valence-electron chi connectivity index (χ2n) is 10.4. The lowest BCUT2D eigenvalue weighted by Gasteiger charge is -2.26. The quantitative estimate of drug-likeness (QED) is 0.187. The highest BCUT2D eigenvalue weighted by Crippen LogP contribution is 2.48. The highest BCUT2D eigenvalue weighted by atomic mass is 32.2. The van der Waals surface area contributed by atoms with E-state index in [9.17, 15) is 40.8 Å². The molecule has 3 N–H and O–H groups in total. The van der Waals surface area contributed by atoms with Crippen LogP contribution in [0.15, 0.2) is 59.0 Å². The van der Waals surface area contributed by atoms with Crippen molar-refractivity contribution >= 4 is 45.2 Å². The third-order valence-electron chi connectivity index (χ3n) is 7.22. The number of rotatable bonds is 9. The van der Waals surface area contributed by atoms with Crippen molar-refractivity contribution in [3.05, 3.63) is 82.7 Å². The van der Waals surface area contributed by atoms with Crippen molar-refractivity contribution in [2.75, 3.05) is 17.1 Å². The first-order chi connectivity index (χ1) is 20.2. The second kappa shape index (κ2) is 11.3. The number of nitrogens with one attached hydrogen (secondary N) is 1. The van der Waals surface area contributed by atoms with Crippen molar-refractivity contribution < 1.29 is 45.2 Å². The van der Waals surface area contributed by atoms with Gasteiger partial charge < -0.3 is 19.8 Å². The van der Waals surface area contributed by atoms with E-state index in [4.69, 9.17) is 4.42 Å². The van der Waals surface area contributed by atoms with Gasteiger partial charge in [-0.3, -0.25) is 9.10 Å². The van der Waals surface area contributed by atoms with E-state index in [0.29, 0.717) is 29.1 Å². The molecule has 1 aliphatic carbocycles. The highest BCUT2D eigenvalue weighted by molar-refractivity contribution is 7.92. The zero-order chi connectivity index (χ0) is 31.3. The van der Waals surface area contributed by atoms with E-state index >= 15 is 0 Å². The summed E-state index contributed by atoms with van der Waals surface area (Å²) in [6.07, 6.45) is -2.53. The molecule has 43 heavy (non-hydrogen) atoms. The minimum atomic E-state index is -4.93. The van der Waals surface area contributed by atoms with Crippen molar-refractivity contribution in [3.8, 4) is 11.3 Å². The van der Waals surface area contributed by atoms with E-state index < -0.39 is 52.6 Å². The Labute approximate surface area is 245 Å². The molecule has 1 heterocycles. The standard InChI is InChI=1S/C29H27BF4N2O6S/c1-3-35-28(37)26-21-13-20(17-5-6-17)24(14-25(21)42-27(26)18-7-9-19(31)10-8-18)36(43(2,40)41)15-16-4-11-23(30(38)39)22(12-16)29(32,33)34/h4,7-14,17,38-39H,3,5-6,15H2,1-2H3,(H,35,37). The van der Waals surface area contributed by atoms with Gasteiger partial charge in [-0.05, 0) is 78.7 Å². The number of halogens is 4. The van der Waals surface area contributed by atoms with E-state index in [-0.39, 0.29) is 34.1 Å². The topological polar surface area (TPSA) is 120 Å². The summed E-state index contributed by atoms with van der Waals surface area (Å²) in [4.78, 5) is 13.2. The van der Waals surface area contributed by atoms with Gasteiger partial charge in [0.25, 0.3) is 5.91 Å². The molecular formula is C29H27BF4N2O6S. The second-order valence-corrected chi connectivity index (χ2v) is 12.3. The van der Waals surface area contributed by atoms with Gasteiger partial charge >= 0.3 is 13.3 Å². The maximum absolute atomic E-state index is 13.7. The van der Waals surface area contributed by atoms with Crippen LogP contribution in [0, 0.1) is 5.82 Å². The Kier molecular flexibility index (Phi) is 8.05. The predicted octanol–water partition coefficient (Wildman–Crippen LogP) is 4.53. The fraction of sp³-hybridized carbons (Fsp3) is 0.276. The average Bonchev–Trinajstić information content (AvgIpc) is 3.70. The fourth-order valence-corrected chi connectivity index (χ4v) is 5.98. The van der Waals surface area contributed by atoms with Crippen molar-refractivity contribution in [3.63, 3.8) is 0 Å². The number of fused-ring (bicyclic) bond motifs is 1. The number of carbonyl (C=O) groups is 1. The largest absolute Gasteiger partial charge is 0.489 e. The zero-order valence-electron chi connectivity index (χ0n) is 23.1. The molecule has 1 fully saturated rings. The van der Waals surface area contributed by atoms with Gasteiger partial charge in [0.15, 0.2) is 0 Å². The van der Waals surface area contributed by atoms with Gasteiger partial charge in [0.2, 0.25) is 10.0 Å². The van der Waals surface area contributed by atoms with Crippen LogP contribution in [0.5, 0.6) is 0 Å². The van der Waals surface area contributed by atoms with Crippen molar-refractivity contribution in [2.24, 2.45) is 0 Å². The van der Waals surface area contributed by atoms with Gasteiger partial charge in [-0.2, -0.15) is 13.2 Å². The number of hydrogen-bond acceptors (Lipinski definition) is 6. The van der Waals surface area contributed by atoms with Gasteiger partial charge in [-0.15, -0.1) is 0 Å². The summed E-state index contributed by atoms with van der Waals surface area (Å²) in [5.74, 6) is -0.844. The molecule has 4 aromatic rings. The maximum Gasteiger partial charge on any atom is 0.489 e. The van der Waals surface area contributed by atoms with Crippen LogP contribution in [0.3, 0.4) is 0 Å². The summed E-state index contributed by atoms with van der Waals surface area (Å²) in [5, 5.41) is 22.0. The normalized spacial score (nSPS) is 13.8. The number of hydrogen-bond donors (Lipinski definition) is 3. The molecule has 1 amide bonds. The van der Waals surface area contributed by atoms with E-state index in [0.717, 1.165) is 29.5 Å². The minimum Gasteiger partial charge on any atom is -0.455 e. The molecule has 226 valence electrons. The van der Waals surface area contributed by atoms with E-state index in [1.165, 1.54) is 36.4 Å². The first kappa shape index (κ1) is 30.6. The summed E-state index contributed by atoms with van der Waals surface area (Å²) < 4.78 is 88.2. The van der Waals surface area contributed by atoms with Gasteiger partial charge in [-0.1, -0.05) is 12.1 Å². The summed E-state index contributed by atoms with van der Waals surface area (Å²) >= 11 is 0. The molecule has 0 spiro atoms. The molecule has 0 bridgehead atoms. The molecule has 1 aliphatic rings. The van der Waals surface area contributed by atoms with Crippen LogP contribution >= 0.6 is 0 Å². The van der Waals surface area contributed by atoms with E-state index in [2.05, 4.69) is 5.32 Å². The fourth-order valence-electron chi connectivity index (χ4n) is 5.08. The molecule has 0 radical (unpaired) electrons. The van der Waals surface area contributed by atoms with Crippen molar-refractivity contribution in [1.82, 2.24) is 5.32 Å². The van der Waals surface area contributed by atoms with Crippen LogP contribution in [0.4, 0.5) is 23.2 Å². The number of benzene rings is 3. The van der Waals surface area contributed by atoms with Crippen LogP contribution in [-0.4, -0.2) is 44.3 Å². The van der Waals surface area contributed by atoms with Crippen molar-refractivity contribution in [2.45, 2.75) is 38.4 Å². The molecule has 0 aliphatic heterocycles. The molecule has 8 nitrogen and oxygen atoms in total. The summed E-state index contributed by atoms with van der Waals surface area (Å²) in [5.41, 5.74) is -0.582. The Morgan fingerprint density at radius 1 is 1.09 bits per heavy atom. The van der Waals surface area contributed by atoms with Gasteiger partial charge in [0.1, 0.15) is 17.2 Å². The Morgan fingerprint density at radius 2 is 1.77 bits per heavy atom. The number of alkyl halides is 3. The molecule has 1 aromatic heterocycles. The van der Waals surface area contributed by atoms with Gasteiger partial charge in [-0.25, -0.2) is 12.8 Å². The monoisotopic (exact) mass is 618 g/mol. The summed E-state index contributed by atoms with van der Waals surface area (Å²) in [6.45, 7) is 1.56. The minimum absolute atomic E-state index is 0.0431. The predicted molar refractivity (Wildman–Crippen MR) is 154 cm³/mol. The SMILES string of the molecule is CCNC(=O)c1c(-c2ccc(F)cc2)oc2cc(N(Cc3ccc(B(O)O)c(C(F)(F)F)c3)S(C)(=O)=O)c(C3CC3)cc12. The van der Waals surface area contributed by atoms with E-state index in [1.807, 2.05) is 0 Å². The van der Waals surface area contributed by atoms with Crippen LogP contribution < -0.4 is 15.1 Å². The molecule has 14 heteroatoms. The molecule has 0 unspecified atom stereocenters. The zero-order valence-corrected chi connectivity index (χ0v) is 23.9. The average molecular weight is 618 g/mol. The first-order valence-corrected chi connectivity index (χ1v) is 15.2. The lowest BCUT2D eigenvalue weighted by molar-refractivity contribution is -0.136. The molecular weight excluding hydrogens is 591 g/mol. The van der Waals surface area contributed by atoms with Gasteiger partial charge in [0.05, 0.1) is 29.6 Å². The Balaban J connectivity index is 1.69. The third-order valence-corrected chi connectivity index (χ3v) is 8.35. The number of anilines is 1. The lowest BCUT2D eigenvalue weighted by atomic mass is 9.76. The number of sulfonamides is 1. The van der Waals surface area contributed by atoms with Crippen LogP contribution in [-0.2, 0) is 22.7 Å². The summed E-state index contributed by atoms with van der Waals surface area (Å²) in [7, 11) is -6.46. The van der Waals surface area contributed by atoms with Crippen LogP contribution in [0.1, 0.15) is 52.7 Å². The van der Waals surface area contributed by atoms with Crippen LogP contribution in [0.25, 0.3) is 22.3 Å². The Hall–Kier alpha value is -3.88. The smallest absolute Gasteiger partial charge is 0.455 e.